The van der Waals surface area contributed by atoms with Crippen LogP contribution in [-0.4, -0.2) is 10.8 Å². The maximum absolute atomic E-state index is 13.2. The van der Waals surface area contributed by atoms with Crippen molar-refractivity contribution in [2.24, 2.45) is 0 Å². The van der Waals surface area contributed by atoms with E-state index in [0.29, 0.717) is 22.5 Å². The Kier molecular flexibility index (Phi) is 2.91. The summed E-state index contributed by atoms with van der Waals surface area (Å²) in [6.07, 6.45) is 0. The predicted octanol–water partition coefficient (Wildman–Crippen LogP) is 3.19. The van der Waals surface area contributed by atoms with E-state index in [4.69, 9.17) is 5.73 Å². The van der Waals surface area contributed by atoms with Crippen LogP contribution in [0.15, 0.2) is 54.6 Å². The third kappa shape index (κ3) is 2.12. The van der Waals surface area contributed by atoms with Gasteiger partial charge in [-0.05, 0) is 30.3 Å². The molecule has 4 heteroatoms. The van der Waals surface area contributed by atoms with E-state index in [0.717, 1.165) is 5.39 Å². The third-order valence-electron chi connectivity index (χ3n) is 3.07. The molecule has 20 heavy (non-hydrogen) atoms. The standard InChI is InChI=1S/C16H11FN2O/c17-12-5-1-4-11(9-12)16(20)13-6-2-3-10-7-8-14(18)19-15(10)13/h1-9H,(H2,18,19). The molecule has 1 heterocycles. The van der Waals surface area contributed by atoms with Gasteiger partial charge in [-0.1, -0.05) is 24.3 Å². The summed E-state index contributed by atoms with van der Waals surface area (Å²) in [7, 11) is 0. The molecule has 2 N–H and O–H groups in total. The summed E-state index contributed by atoms with van der Waals surface area (Å²) in [4.78, 5) is 16.7. The molecule has 1 aromatic heterocycles. The molecular formula is C16H11FN2O. The zero-order valence-electron chi connectivity index (χ0n) is 10.5. The highest BCUT2D eigenvalue weighted by Crippen LogP contribution is 2.21. The molecule has 0 atom stereocenters. The predicted molar refractivity (Wildman–Crippen MR) is 76.0 cm³/mol. The van der Waals surface area contributed by atoms with E-state index in [2.05, 4.69) is 4.98 Å². The Morgan fingerprint density at radius 2 is 1.85 bits per heavy atom. The number of fused-ring (bicyclic) bond motifs is 1. The number of pyridine rings is 1. The van der Waals surface area contributed by atoms with Gasteiger partial charge in [0, 0.05) is 16.5 Å². The summed E-state index contributed by atoms with van der Waals surface area (Å²) in [6, 6.07) is 14.4. The van der Waals surface area contributed by atoms with E-state index in [1.807, 2.05) is 6.07 Å². The van der Waals surface area contributed by atoms with Crippen molar-refractivity contribution in [2.45, 2.75) is 0 Å². The van der Waals surface area contributed by atoms with Crippen LogP contribution >= 0.6 is 0 Å². The third-order valence-corrected chi connectivity index (χ3v) is 3.07. The number of nitrogens with two attached hydrogens (primary N) is 1. The lowest BCUT2D eigenvalue weighted by Gasteiger charge is -2.06. The molecule has 0 unspecified atom stereocenters. The highest BCUT2D eigenvalue weighted by molar-refractivity contribution is 6.15. The van der Waals surface area contributed by atoms with Crippen LogP contribution in [0.5, 0.6) is 0 Å². The van der Waals surface area contributed by atoms with Crippen LogP contribution < -0.4 is 5.73 Å². The molecule has 3 aromatic rings. The highest BCUT2D eigenvalue weighted by atomic mass is 19.1. The van der Waals surface area contributed by atoms with E-state index in [1.165, 1.54) is 18.2 Å². The molecule has 0 bridgehead atoms. The van der Waals surface area contributed by atoms with E-state index in [9.17, 15) is 9.18 Å². The van der Waals surface area contributed by atoms with Crippen LogP contribution in [0.3, 0.4) is 0 Å². The Morgan fingerprint density at radius 1 is 1.05 bits per heavy atom. The smallest absolute Gasteiger partial charge is 0.195 e. The van der Waals surface area contributed by atoms with Crippen LogP contribution in [-0.2, 0) is 0 Å². The number of carbonyl (C=O) groups is 1. The van der Waals surface area contributed by atoms with E-state index in [-0.39, 0.29) is 5.78 Å². The monoisotopic (exact) mass is 266 g/mol. The topological polar surface area (TPSA) is 56.0 Å². The van der Waals surface area contributed by atoms with Gasteiger partial charge >= 0.3 is 0 Å². The molecule has 0 amide bonds. The Bertz CT molecular complexity index is 814. The number of carbonyl (C=O) groups excluding carboxylic acids is 1. The second kappa shape index (κ2) is 4.74. The van der Waals surface area contributed by atoms with Crippen molar-refractivity contribution < 1.29 is 9.18 Å². The van der Waals surface area contributed by atoms with Gasteiger partial charge in [0.2, 0.25) is 0 Å². The number of halogens is 1. The zero-order valence-corrected chi connectivity index (χ0v) is 10.5. The molecular weight excluding hydrogens is 255 g/mol. The number of aromatic nitrogens is 1. The minimum absolute atomic E-state index is 0.270. The fourth-order valence-electron chi connectivity index (χ4n) is 2.13. The molecule has 3 nitrogen and oxygen atoms in total. The average molecular weight is 266 g/mol. The minimum Gasteiger partial charge on any atom is -0.384 e. The van der Waals surface area contributed by atoms with E-state index >= 15 is 0 Å². The summed E-state index contributed by atoms with van der Waals surface area (Å²) in [5, 5.41) is 0.821. The maximum Gasteiger partial charge on any atom is 0.195 e. The zero-order chi connectivity index (χ0) is 14.1. The fourth-order valence-corrected chi connectivity index (χ4v) is 2.13. The van der Waals surface area contributed by atoms with Gasteiger partial charge in [0.1, 0.15) is 11.6 Å². The Balaban J connectivity index is 2.19. The van der Waals surface area contributed by atoms with Crippen molar-refractivity contribution in [1.29, 1.82) is 0 Å². The summed E-state index contributed by atoms with van der Waals surface area (Å²) in [5.74, 6) is -0.367. The lowest BCUT2D eigenvalue weighted by Crippen LogP contribution is -2.04. The van der Waals surface area contributed by atoms with Gasteiger partial charge < -0.3 is 5.73 Å². The maximum atomic E-state index is 13.2. The average Bonchev–Trinajstić information content (AvgIpc) is 2.46. The number of anilines is 1. The first kappa shape index (κ1) is 12.3. The highest BCUT2D eigenvalue weighted by Gasteiger charge is 2.14. The van der Waals surface area contributed by atoms with Gasteiger partial charge in [0.05, 0.1) is 5.52 Å². The molecule has 0 aliphatic carbocycles. The van der Waals surface area contributed by atoms with Crippen LogP contribution in [0.25, 0.3) is 10.9 Å². The van der Waals surface area contributed by atoms with Gasteiger partial charge in [0.25, 0.3) is 0 Å². The molecule has 0 saturated carbocycles. The van der Waals surface area contributed by atoms with E-state index < -0.39 is 5.82 Å². The number of hydrogen-bond donors (Lipinski definition) is 1. The number of nitrogen functional groups attached to an aromatic ring is 1. The van der Waals surface area contributed by atoms with Crippen LogP contribution in [0.4, 0.5) is 10.2 Å². The van der Waals surface area contributed by atoms with Crippen LogP contribution in [0.1, 0.15) is 15.9 Å². The first-order valence-electron chi connectivity index (χ1n) is 6.11. The molecule has 98 valence electrons. The van der Waals surface area contributed by atoms with Gasteiger partial charge in [0.15, 0.2) is 5.78 Å². The van der Waals surface area contributed by atoms with Crippen molar-refractivity contribution in [3.05, 3.63) is 71.5 Å². The Morgan fingerprint density at radius 3 is 2.65 bits per heavy atom. The molecule has 2 aromatic carbocycles. The lowest BCUT2D eigenvalue weighted by atomic mass is 10.0. The largest absolute Gasteiger partial charge is 0.384 e. The van der Waals surface area contributed by atoms with Gasteiger partial charge in [-0.15, -0.1) is 0 Å². The first-order valence-corrected chi connectivity index (χ1v) is 6.11. The van der Waals surface area contributed by atoms with Crippen molar-refractivity contribution in [2.75, 3.05) is 5.73 Å². The van der Waals surface area contributed by atoms with Crippen molar-refractivity contribution in [1.82, 2.24) is 4.98 Å². The second-order valence-corrected chi connectivity index (χ2v) is 4.45. The van der Waals surface area contributed by atoms with Crippen LogP contribution in [0, 0.1) is 5.82 Å². The van der Waals surface area contributed by atoms with E-state index in [1.54, 1.807) is 30.3 Å². The van der Waals surface area contributed by atoms with Crippen LogP contribution in [0.2, 0.25) is 0 Å². The summed E-state index contributed by atoms with van der Waals surface area (Å²) in [5.41, 5.74) is 6.91. The normalized spacial score (nSPS) is 10.7. The molecule has 0 spiro atoms. The first-order chi connectivity index (χ1) is 9.65. The van der Waals surface area contributed by atoms with Crippen molar-refractivity contribution in [3.63, 3.8) is 0 Å². The molecule has 0 aliphatic rings. The second-order valence-electron chi connectivity index (χ2n) is 4.45. The molecule has 0 aliphatic heterocycles. The van der Waals surface area contributed by atoms with Gasteiger partial charge in [-0.2, -0.15) is 0 Å². The minimum atomic E-state index is -0.441. The molecule has 0 radical (unpaired) electrons. The molecule has 0 saturated heterocycles. The summed E-state index contributed by atoms with van der Waals surface area (Å²) in [6.45, 7) is 0. The summed E-state index contributed by atoms with van der Waals surface area (Å²) >= 11 is 0. The SMILES string of the molecule is Nc1ccc2cccc(C(=O)c3cccc(F)c3)c2n1. The van der Waals surface area contributed by atoms with Crippen molar-refractivity contribution >= 4 is 22.5 Å². The lowest BCUT2D eigenvalue weighted by molar-refractivity contribution is 0.103. The quantitative estimate of drug-likeness (QED) is 0.725. The number of hydrogen-bond acceptors (Lipinski definition) is 3. The number of ketones is 1. The fraction of sp³-hybridized carbons (Fsp3) is 0. The Hall–Kier alpha value is -2.75. The molecule has 3 rings (SSSR count). The summed E-state index contributed by atoms with van der Waals surface area (Å²) < 4.78 is 13.2. The van der Waals surface area contributed by atoms with Gasteiger partial charge in [-0.3, -0.25) is 4.79 Å². The number of benzene rings is 2. The van der Waals surface area contributed by atoms with Crippen molar-refractivity contribution in [3.8, 4) is 0 Å². The van der Waals surface area contributed by atoms with Gasteiger partial charge in [-0.25, -0.2) is 9.37 Å². The number of rotatable bonds is 2. The molecule has 0 fully saturated rings. The number of nitrogens with zero attached hydrogens (tertiary/aromatic N) is 1. The number of para-hydroxylation sites is 1. The Labute approximate surface area is 114 Å².